The molecule has 0 saturated heterocycles. The highest BCUT2D eigenvalue weighted by Crippen LogP contribution is 2.63. The number of esters is 2. The first-order valence-corrected chi connectivity index (χ1v) is 10.0. The predicted octanol–water partition coefficient (Wildman–Crippen LogP) is 3.42. The lowest BCUT2D eigenvalue weighted by Crippen LogP contribution is -2.62. The minimum absolute atomic E-state index is 0.0139. The normalized spacial score (nSPS) is 33.3. The summed E-state index contributed by atoms with van der Waals surface area (Å²) in [6.07, 6.45) is 3.73. The smallest absolute Gasteiger partial charge is 0.334 e. The standard InChI is InChI=1S/C21H17Cl2NO5/c1-27-20(25)14-8-6-7-9(15(14)21(26)28-2)13-12(8)17-18(24-29-19(13)17)16-10(22)4-3-5-11(16)23/h3-9,12-13,17,19H,1-2H3/t8-,9+,12+,13-,17+,19+/m1/s1. The quantitative estimate of drug-likeness (QED) is 0.539. The number of oxime groups is 1. The van der Waals surface area contributed by atoms with Gasteiger partial charge in [-0.15, -0.1) is 0 Å². The van der Waals surface area contributed by atoms with E-state index in [-0.39, 0.29) is 35.7 Å². The van der Waals surface area contributed by atoms with E-state index in [4.69, 9.17) is 37.5 Å². The molecule has 5 aliphatic rings. The molecular weight excluding hydrogens is 417 g/mol. The summed E-state index contributed by atoms with van der Waals surface area (Å²) in [6.45, 7) is 0. The minimum atomic E-state index is -0.514. The molecule has 2 bridgehead atoms. The molecule has 1 fully saturated rings. The van der Waals surface area contributed by atoms with Crippen LogP contribution in [0.5, 0.6) is 0 Å². The van der Waals surface area contributed by atoms with Crippen LogP contribution in [0, 0.1) is 29.6 Å². The molecule has 150 valence electrons. The number of ether oxygens (including phenoxy) is 2. The molecule has 0 spiro atoms. The van der Waals surface area contributed by atoms with Gasteiger partial charge in [0.25, 0.3) is 0 Å². The number of allylic oxidation sites excluding steroid dienone is 2. The van der Waals surface area contributed by atoms with Crippen molar-refractivity contribution in [3.05, 3.63) is 57.1 Å². The molecule has 0 radical (unpaired) electrons. The third-order valence-electron chi connectivity index (χ3n) is 6.52. The third kappa shape index (κ3) is 2.39. The van der Waals surface area contributed by atoms with E-state index in [0.717, 1.165) is 0 Å². The number of benzene rings is 1. The second-order valence-electron chi connectivity index (χ2n) is 7.57. The highest BCUT2D eigenvalue weighted by atomic mass is 35.5. The first-order valence-electron chi connectivity index (χ1n) is 9.26. The molecule has 1 saturated carbocycles. The molecule has 0 aromatic heterocycles. The van der Waals surface area contributed by atoms with Gasteiger partial charge in [-0.25, -0.2) is 9.59 Å². The van der Waals surface area contributed by atoms with Gasteiger partial charge in [-0.05, 0) is 18.1 Å². The van der Waals surface area contributed by atoms with Gasteiger partial charge in [0, 0.05) is 29.2 Å². The first kappa shape index (κ1) is 18.7. The van der Waals surface area contributed by atoms with Crippen LogP contribution in [0.4, 0.5) is 0 Å². The summed E-state index contributed by atoms with van der Waals surface area (Å²) in [5.41, 5.74) is 2.07. The lowest BCUT2D eigenvalue weighted by Gasteiger charge is -2.57. The van der Waals surface area contributed by atoms with Crippen LogP contribution in [0.15, 0.2) is 46.7 Å². The van der Waals surface area contributed by atoms with E-state index >= 15 is 0 Å². The molecule has 4 aliphatic carbocycles. The topological polar surface area (TPSA) is 74.2 Å². The van der Waals surface area contributed by atoms with Crippen LogP contribution in [0.3, 0.4) is 0 Å². The van der Waals surface area contributed by atoms with E-state index in [2.05, 4.69) is 5.16 Å². The van der Waals surface area contributed by atoms with Crippen molar-refractivity contribution in [2.45, 2.75) is 6.10 Å². The first-order chi connectivity index (χ1) is 14.0. The Hall–Kier alpha value is -2.31. The molecule has 6 atom stereocenters. The number of carbonyl (C=O) groups is 2. The fourth-order valence-electron chi connectivity index (χ4n) is 5.43. The number of carbonyl (C=O) groups excluding carboxylic acids is 2. The molecule has 6 nitrogen and oxygen atoms in total. The van der Waals surface area contributed by atoms with Gasteiger partial charge in [0.15, 0.2) is 0 Å². The summed E-state index contributed by atoms with van der Waals surface area (Å²) < 4.78 is 9.96. The summed E-state index contributed by atoms with van der Waals surface area (Å²) >= 11 is 12.8. The van der Waals surface area contributed by atoms with Crippen molar-refractivity contribution < 1.29 is 23.9 Å². The average Bonchev–Trinajstić information content (AvgIpc) is 3.06. The van der Waals surface area contributed by atoms with Crippen molar-refractivity contribution >= 4 is 40.9 Å². The van der Waals surface area contributed by atoms with Crippen LogP contribution < -0.4 is 0 Å². The second-order valence-corrected chi connectivity index (χ2v) is 8.39. The fraction of sp³-hybridized carbons (Fsp3) is 0.381. The van der Waals surface area contributed by atoms with Gasteiger partial charge < -0.3 is 14.3 Å². The molecule has 6 rings (SSSR count). The molecule has 1 heterocycles. The Morgan fingerprint density at radius 2 is 1.52 bits per heavy atom. The van der Waals surface area contributed by atoms with Gasteiger partial charge in [0.1, 0.15) is 6.10 Å². The number of hydrogen-bond acceptors (Lipinski definition) is 6. The van der Waals surface area contributed by atoms with Gasteiger partial charge in [0.05, 0.1) is 41.1 Å². The van der Waals surface area contributed by atoms with Gasteiger partial charge in [-0.1, -0.05) is 46.6 Å². The van der Waals surface area contributed by atoms with E-state index in [0.29, 0.717) is 32.5 Å². The highest BCUT2D eigenvalue weighted by molar-refractivity contribution is 6.40. The lowest BCUT2D eigenvalue weighted by atomic mass is 9.45. The van der Waals surface area contributed by atoms with Crippen molar-refractivity contribution in [1.82, 2.24) is 0 Å². The summed E-state index contributed by atoms with van der Waals surface area (Å²) in [7, 11) is 2.62. The summed E-state index contributed by atoms with van der Waals surface area (Å²) in [4.78, 5) is 30.9. The van der Waals surface area contributed by atoms with Gasteiger partial charge in [0.2, 0.25) is 0 Å². The number of rotatable bonds is 3. The molecule has 8 heteroatoms. The Morgan fingerprint density at radius 1 is 0.966 bits per heavy atom. The van der Waals surface area contributed by atoms with E-state index in [9.17, 15) is 9.59 Å². The Kier molecular flexibility index (Phi) is 4.26. The Bertz CT molecular complexity index is 1010. The molecule has 29 heavy (non-hydrogen) atoms. The van der Waals surface area contributed by atoms with E-state index in [1.165, 1.54) is 14.2 Å². The number of fused-ring (bicyclic) bond motifs is 1. The van der Waals surface area contributed by atoms with E-state index < -0.39 is 11.9 Å². The maximum atomic E-state index is 12.6. The van der Waals surface area contributed by atoms with Gasteiger partial charge >= 0.3 is 11.9 Å². The minimum Gasteiger partial charge on any atom is -0.466 e. The number of hydrogen-bond donors (Lipinski definition) is 0. The van der Waals surface area contributed by atoms with Crippen molar-refractivity contribution in [3.63, 3.8) is 0 Å². The Morgan fingerprint density at radius 3 is 2.07 bits per heavy atom. The molecule has 0 unspecified atom stereocenters. The lowest BCUT2D eigenvalue weighted by molar-refractivity contribution is -0.150. The van der Waals surface area contributed by atoms with Crippen LogP contribution in [0.25, 0.3) is 0 Å². The molecular formula is C21H17Cl2NO5. The van der Waals surface area contributed by atoms with Gasteiger partial charge in [-0.3, -0.25) is 0 Å². The molecule has 0 amide bonds. The Balaban J connectivity index is 1.59. The van der Waals surface area contributed by atoms with E-state index in [1.807, 2.05) is 12.2 Å². The zero-order valence-corrected chi connectivity index (χ0v) is 17.1. The number of methoxy groups -OCH3 is 2. The third-order valence-corrected chi connectivity index (χ3v) is 7.15. The Labute approximate surface area is 177 Å². The maximum Gasteiger partial charge on any atom is 0.334 e. The van der Waals surface area contributed by atoms with Crippen LogP contribution in [0.2, 0.25) is 10.0 Å². The average molecular weight is 434 g/mol. The monoisotopic (exact) mass is 433 g/mol. The second kappa shape index (κ2) is 6.61. The molecule has 1 aromatic carbocycles. The fourth-order valence-corrected chi connectivity index (χ4v) is 6.02. The zero-order valence-electron chi connectivity index (χ0n) is 15.6. The SMILES string of the molecule is COC(=O)C1=C(C(=O)OC)[C@@H]2C=C[C@H]1[C@H]1[C@@H]3ON=C(c4c(Cl)cccc4Cl)[C@@H]3[C@H]12. The summed E-state index contributed by atoms with van der Waals surface area (Å²) in [5, 5.41) is 5.32. The van der Waals surface area contributed by atoms with Crippen molar-refractivity contribution in [1.29, 1.82) is 0 Å². The van der Waals surface area contributed by atoms with Crippen LogP contribution in [0.1, 0.15) is 5.56 Å². The van der Waals surface area contributed by atoms with E-state index in [1.54, 1.807) is 18.2 Å². The molecule has 0 N–H and O–H groups in total. The van der Waals surface area contributed by atoms with Crippen molar-refractivity contribution in [2.24, 2.45) is 34.7 Å². The van der Waals surface area contributed by atoms with Crippen molar-refractivity contribution in [2.75, 3.05) is 14.2 Å². The summed E-state index contributed by atoms with van der Waals surface area (Å²) in [5.74, 6) is -1.63. The maximum absolute atomic E-state index is 12.6. The number of nitrogens with zero attached hydrogens (tertiary/aromatic N) is 1. The predicted molar refractivity (Wildman–Crippen MR) is 106 cm³/mol. The molecule has 1 aliphatic heterocycles. The zero-order chi connectivity index (χ0) is 20.4. The van der Waals surface area contributed by atoms with Gasteiger partial charge in [-0.2, -0.15) is 0 Å². The van der Waals surface area contributed by atoms with Crippen molar-refractivity contribution in [3.8, 4) is 0 Å². The van der Waals surface area contributed by atoms with Crippen LogP contribution in [-0.4, -0.2) is 38.0 Å². The van der Waals surface area contributed by atoms with Crippen LogP contribution in [-0.2, 0) is 23.9 Å². The van der Waals surface area contributed by atoms with Crippen LogP contribution >= 0.6 is 23.2 Å². The highest BCUT2D eigenvalue weighted by Gasteiger charge is 2.67. The molecule has 1 aromatic rings. The largest absolute Gasteiger partial charge is 0.466 e. The number of halogens is 2. The summed E-state index contributed by atoms with van der Waals surface area (Å²) in [6, 6.07) is 5.30.